The summed E-state index contributed by atoms with van der Waals surface area (Å²) in [7, 11) is 0. The second kappa shape index (κ2) is 9.22. The van der Waals surface area contributed by atoms with Crippen LogP contribution in [-0.4, -0.2) is 90.4 Å². The van der Waals surface area contributed by atoms with Gasteiger partial charge < -0.3 is 19.7 Å². The number of nitrogens with zero attached hydrogens (tertiary/aromatic N) is 2. The van der Waals surface area contributed by atoms with Crippen molar-refractivity contribution in [3.8, 4) is 0 Å². The van der Waals surface area contributed by atoms with Gasteiger partial charge in [0.05, 0.1) is 19.1 Å². The van der Waals surface area contributed by atoms with E-state index in [0.717, 1.165) is 57.1 Å². The van der Waals surface area contributed by atoms with Gasteiger partial charge in [-0.2, -0.15) is 11.8 Å². The molecule has 3 saturated heterocycles. The zero-order valence-electron chi connectivity index (χ0n) is 17.5. The summed E-state index contributed by atoms with van der Waals surface area (Å²) in [6.45, 7) is 10.8. The van der Waals surface area contributed by atoms with Crippen LogP contribution < -0.4 is 5.32 Å². The van der Waals surface area contributed by atoms with E-state index >= 15 is 0 Å². The van der Waals surface area contributed by atoms with Crippen LogP contribution in [0.2, 0.25) is 0 Å². The summed E-state index contributed by atoms with van der Waals surface area (Å²) >= 11 is 1.97. The van der Waals surface area contributed by atoms with Crippen LogP contribution in [-0.2, 0) is 14.3 Å². The average molecular weight is 414 g/mol. The molecule has 0 bridgehead atoms. The maximum atomic E-state index is 12.9. The molecule has 3 fully saturated rings. The molecular weight excluding hydrogens is 378 g/mol. The van der Waals surface area contributed by atoms with Gasteiger partial charge in [-0.25, -0.2) is 4.79 Å². The molecule has 0 aromatic carbocycles. The van der Waals surface area contributed by atoms with Crippen molar-refractivity contribution in [2.75, 3.05) is 57.4 Å². The van der Waals surface area contributed by atoms with Gasteiger partial charge in [0, 0.05) is 44.0 Å². The molecule has 8 heteroatoms. The number of hydrogen-bond donors (Lipinski definition) is 1. The van der Waals surface area contributed by atoms with Crippen LogP contribution in [0.1, 0.15) is 40.0 Å². The Bertz CT molecular complexity index is 554. The molecule has 0 saturated carbocycles. The Labute approximate surface area is 172 Å². The van der Waals surface area contributed by atoms with E-state index in [1.807, 2.05) is 32.5 Å². The lowest BCUT2D eigenvalue weighted by atomic mass is 9.93. The molecule has 2 amide bonds. The minimum atomic E-state index is -0.517. The molecule has 1 N–H and O–H groups in total. The van der Waals surface area contributed by atoms with Crippen LogP contribution in [0.3, 0.4) is 0 Å². The molecule has 0 aliphatic carbocycles. The van der Waals surface area contributed by atoms with Gasteiger partial charge in [-0.05, 0) is 45.8 Å². The Morgan fingerprint density at radius 1 is 1.25 bits per heavy atom. The van der Waals surface area contributed by atoms with Crippen molar-refractivity contribution in [1.29, 1.82) is 0 Å². The molecule has 7 nitrogen and oxygen atoms in total. The van der Waals surface area contributed by atoms with Gasteiger partial charge >= 0.3 is 6.09 Å². The number of carbonyl (C=O) groups excluding carboxylic acids is 2. The number of hydrogen-bond acceptors (Lipinski definition) is 6. The third kappa shape index (κ3) is 5.54. The van der Waals surface area contributed by atoms with Crippen molar-refractivity contribution < 1.29 is 19.1 Å². The van der Waals surface area contributed by atoms with Crippen LogP contribution >= 0.6 is 11.8 Å². The Balaban J connectivity index is 1.54. The molecule has 3 aliphatic rings. The van der Waals surface area contributed by atoms with E-state index in [4.69, 9.17) is 9.47 Å². The molecule has 2 atom stereocenters. The number of rotatable bonds is 4. The topological polar surface area (TPSA) is 71.1 Å². The molecule has 0 spiro atoms. The number of ether oxygens (including phenoxy) is 2. The SMILES string of the molecule is CC(C)(C)OC(=O)N1CCCC(C(=O)NCC2(N3CCOCC3)CCSC2)C1. The monoisotopic (exact) mass is 413 g/mol. The zero-order valence-corrected chi connectivity index (χ0v) is 18.3. The third-order valence-electron chi connectivity index (χ3n) is 5.80. The zero-order chi connectivity index (χ0) is 20.2. The summed E-state index contributed by atoms with van der Waals surface area (Å²) < 4.78 is 11.0. The van der Waals surface area contributed by atoms with Crippen LogP contribution in [0.4, 0.5) is 4.79 Å². The third-order valence-corrected chi connectivity index (χ3v) is 7.03. The molecular formula is C20H35N3O4S. The molecule has 0 aromatic rings. The number of thioether (sulfide) groups is 1. The maximum absolute atomic E-state index is 12.9. The summed E-state index contributed by atoms with van der Waals surface area (Å²) in [5.74, 6) is 2.11. The van der Waals surface area contributed by atoms with Crippen molar-refractivity contribution in [2.24, 2.45) is 5.92 Å². The van der Waals surface area contributed by atoms with E-state index < -0.39 is 5.60 Å². The first-order valence-electron chi connectivity index (χ1n) is 10.5. The van der Waals surface area contributed by atoms with E-state index in [1.54, 1.807) is 4.90 Å². The molecule has 2 unspecified atom stereocenters. The number of nitrogens with one attached hydrogen (secondary N) is 1. The molecule has 28 heavy (non-hydrogen) atoms. The highest BCUT2D eigenvalue weighted by Crippen LogP contribution is 2.33. The highest BCUT2D eigenvalue weighted by atomic mass is 32.2. The lowest BCUT2D eigenvalue weighted by Crippen LogP contribution is -2.60. The van der Waals surface area contributed by atoms with Gasteiger partial charge in [-0.1, -0.05) is 0 Å². The van der Waals surface area contributed by atoms with E-state index in [1.165, 1.54) is 0 Å². The molecule has 3 rings (SSSR count). The number of amides is 2. The van der Waals surface area contributed by atoms with E-state index in [2.05, 4.69) is 10.2 Å². The Morgan fingerprint density at radius 3 is 2.64 bits per heavy atom. The van der Waals surface area contributed by atoms with E-state index in [-0.39, 0.29) is 23.5 Å². The first-order chi connectivity index (χ1) is 13.3. The molecule has 0 aromatic heterocycles. The molecule has 3 heterocycles. The largest absolute Gasteiger partial charge is 0.444 e. The normalized spacial score (nSPS) is 29.5. The fourth-order valence-electron chi connectivity index (χ4n) is 4.21. The quantitative estimate of drug-likeness (QED) is 0.760. The Morgan fingerprint density at radius 2 is 2.00 bits per heavy atom. The summed E-state index contributed by atoms with van der Waals surface area (Å²) in [6.07, 6.45) is 2.45. The van der Waals surface area contributed by atoms with Crippen molar-refractivity contribution in [3.63, 3.8) is 0 Å². The van der Waals surface area contributed by atoms with E-state index in [0.29, 0.717) is 19.6 Å². The first kappa shape index (κ1) is 21.7. The number of piperidine rings is 1. The number of morpholine rings is 1. The van der Waals surface area contributed by atoms with Crippen LogP contribution in [0.25, 0.3) is 0 Å². The summed E-state index contributed by atoms with van der Waals surface area (Å²) in [5, 5.41) is 3.23. The smallest absolute Gasteiger partial charge is 0.410 e. The first-order valence-corrected chi connectivity index (χ1v) is 11.6. The molecule has 3 aliphatic heterocycles. The van der Waals surface area contributed by atoms with Crippen molar-refractivity contribution in [1.82, 2.24) is 15.1 Å². The fraction of sp³-hybridized carbons (Fsp3) is 0.900. The minimum absolute atomic E-state index is 0.0453. The van der Waals surface area contributed by atoms with Crippen LogP contribution in [0.15, 0.2) is 0 Å². The molecule has 0 radical (unpaired) electrons. The van der Waals surface area contributed by atoms with Gasteiger partial charge in [0.15, 0.2) is 0 Å². The maximum Gasteiger partial charge on any atom is 0.410 e. The van der Waals surface area contributed by atoms with Crippen LogP contribution in [0, 0.1) is 5.92 Å². The highest BCUT2D eigenvalue weighted by Gasteiger charge is 2.41. The van der Waals surface area contributed by atoms with Gasteiger partial charge in [-0.15, -0.1) is 0 Å². The predicted octanol–water partition coefficient (Wildman–Crippen LogP) is 1.96. The lowest BCUT2D eigenvalue weighted by molar-refractivity contribution is -0.127. The Hall–Kier alpha value is -0.990. The van der Waals surface area contributed by atoms with Crippen molar-refractivity contribution in [2.45, 2.75) is 51.2 Å². The van der Waals surface area contributed by atoms with Gasteiger partial charge in [0.25, 0.3) is 0 Å². The summed E-state index contributed by atoms with van der Waals surface area (Å²) in [4.78, 5) is 29.4. The van der Waals surface area contributed by atoms with Gasteiger partial charge in [-0.3, -0.25) is 9.69 Å². The highest BCUT2D eigenvalue weighted by molar-refractivity contribution is 7.99. The van der Waals surface area contributed by atoms with E-state index in [9.17, 15) is 9.59 Å². The Kier molecular flexibility index (Phi) is 7.15. The summed E-state index contributed by atoms with van der Waals surface area (Å²) in [5.41, 5.74) is -0.472. The summed E-state index contributed by atoms with van der Waals surface area (Å²) in [6, 6.07) is 0. The number of carbonyl (C=O) groups is 2. The minimum Gasteiger partial charge on any atom is -0.444 e. The van der Waals surface area contributed by atoms with Crippen molar-refractivity contribution in [3.05, 3.63) is 0 Å². The predicted molar refractivity (Wildman–Crippen MR) is 111 cm³/mol. The molecule has 160 valence electrons. The van der Waals surface area contributed by atoms with Crippen molar-refractivity contribution >= 4 is 23.8 Å². The second-order valence-electron chi connectivity index (χ2n) is 9.11. The number of likely N-dealkylation sites (tertiary alicyclic amines) is 1. The standard InChI is InChI=1S/C20H35N3O4S/c1-19(2,3)27-18(25)22-7-4-5-16(13-22)17(24)21-14-20(6-12-28-15-20)23-8-10-26-11-9-23/h16H,4-15H2,1-3H3,(H,21,24). The van der Waals surface area contributed by atoms with Crippen LogP contribution in [0.5, 0.6) is 0 Å². The lowest BCUT2D eigenvalue weighted by Gasteiger charge is -2.43. The van der Waals surface area contributed by atoms with Gasteiger partial charge in [0.2, 0.25) is 5.91 Å². The van der Waals surface area contributed by atoms with Gasteiger partial charge in [0.1, 0.15) is 5.60 Å². The average Bonchev–Trinajstić information content (AvgIpc) is 3.16. The fourth-order valence-corrected chi connectivity index (χ4v) is 5.69. The second-order valence-corrected chi connectivity index (χ2v) is 10.2.